The summed E-state index contributed by atoms with van der Waals surface area (Å²) in [4.78, 5) is 4.31. The summed E-state index contributed by atoms with van der Waals surface area (Å²) in [6, 6.07) is 6.62. The summed E-state index contributed by atoms with van der Waals surface area (Å²) in [7, 11) is -3.56. The molecule has 0 atom stereocenters. The number of benzene rings is 1. The molecule has 0 aliphatic carbocycles. The van der Waals surface area contributed by atoms with Gasteiger partial charge in [0.05, 0.1) is 10.6 Å². The van der Waals surface area contributed by atoms with Crippen molar-refractivity contribution in [3.05, 3.63) is 35.3 Å². The molecule has 2 aromatic rings. The molecule has 0 saturated heterocycles. The van der Waals surface area contributed by atoms with Crippen LogP contribution >= 0.6 is 11.3 Å². The standard InChI is InChI=1S/C12H15N3O2S2/c1-3-13-10-4-6-11(7-5-10)19(16,17)15-12-14-9(2)8-18-12/h4-8,13H,3H2,1-2H3,(H,14,15). The first-order valence-electron chi connectivity index (χ1n) is 5.80. The van der Waals surface area contributed by atoms with Crippen LogP contribution in [0.5, 0.6) is 0 Å². The van der Waals surface area contributed by atoms with Crippen LogP contribution in [-0.2, 0) is 10.0 Å². The van der Waals surface area contributed by atoms with Gasteiger partial charge in [-0.15, -0.1) is 11.3 Å². The van der Waals surface area contributed by atoms with Gasteiger partial charge in [0.15, 0.2) is 5.13 Å². The Bertz CT molecular complexity index is 648. The lowest BCUT2D eigenvalue weighted by Gasteiger charge is -2.07. The highest BCUT2D eigenvalue weighted by molar-refractivity contribution is 7.93. The first-order chi connectivity index (χ1) is 9.01. The minimum Gasteiger partial charge on any atom is -0.385 e. The zero-order valence-electron chi connectivity index (χ0n) is 10.7. The van der Waals surface area contributed by atoms with Gasteiger partial charge in [-0.2, -0.15) is 0 Å². The van der Waals surface area contributed by atoms with E-state index in [0.717, 1.165) is 17.9 Å². The van der Waals surface area contributed by atoms with Gasteiger partial charge in [0.25, 0.3) is 10.0 Å². The predicted octanol–water partition coefficient (Wildman–Crippen LogP) is 2.68. The second kappa shape index (κ2) is 5.58. The van der Waals surface area contributed by atoms with E-state index in [1.165, 1.54) is 11.3 Å². The fourth-order valence-electron chi connectivity index (χ4n) is 1.53. The van der Waals surface area contributed by atoms with Gasteiger partial charge in [0.1, 0.15) is 0 Å². The van der Waals surface area contributed by atoms with E-state index in [2.05, 4.69) is 15.0 Å². The highest BCUT2D eigenvalue weighted by Gasteiger charge is 2.15. The minimum absolute atomic E-state index is 0.224. The van der Waals surface area contributed by atoms with Gasteiger partial charge in [0.2, 0.25) is 0 Å². The van der Waals surface area contributed by atoms with Crippen LogP contribution in [0.2, 0.25) is 0 Å². The number of nitrogens with zero attached hydrogens (tertiary/aromatic N) is 1. The molecule has 2 rings (SSSR count). The normalized spacial score (nSPS) is 11.3. The van der Waals surface area contributed by atoms with E-state index in [-0.39, 0.29) is 4.90 Å². The molecule has 19 heavy (non-hydrogen) atoms. The molecule has 0 aliphatic rings. The molecule has 5 nitrogen and oxygen atoms in total. The Morgan fingerprint density at radius 1 is 1.26 bits per heavy atom. The molecular weight excluding hydrogens is 282 g/mol. The van der Waals surface area contributed by atoms with Crippen LogP contribution < -0.4 is 10.0 Å². The number of thiazole rings is 1. The predicted molar refractivity (Wildman–Crippen MR) is 78.3 cm³/mol. The average molecular weight is 297 g/mol. The van der Waals surface area contributed by atoms with Crippen molar-refractivity contribution in [3.8, 4) is 0 Å². The second-order valence-corrected chi connectivity index (χ2v) is 6.49. The Morgan fingerprint density at radius 3 is 2.47 bits per heavy atom. The van der Waals surface area contributed by atoms with Crippen LogP contribution in [0.25, 0.3) is 0 Å². The van der Waals surface area contributed by atoms with Crippen LogP contribution in [-0.4, -0.2) is 19.9 Å². The maximum absolute atomic E-state index is 12.1. The quantitative estimate of drug-likeness (QED) is 0.890. The Labute approximate surface area is 116 Å². The van der Waals surface area contributed by atoms with Gasteiger partial charge in [-0.25, -0.2) is 13.4 Å². The van der Waals surface area contributed by atoms with Crippen LogP contribution in [0.4, 0.5) is 10.8 Å². The summed E-state index contributed by atoms with van der Waals surface area (Å²) in [5.74, 6) is 0. The number of aryl methyl sites for hydroxylation is 1. The minimum atomic E-state index is -3.56. The van der Waals surface area contributed by atoms with Gasteiger partial charge < -0.3 is 5.32 Å². The zero-order valence-corrected chi connectivity index (χ0v) is 12.3. The van der Waals surface area contributed by atoms with Crippen molar-refractivity contribution in [1.82, 2.24) is 4.98 Å². The van der Waals surface area contributed by atoms with Gasteiger partial charge in [0, 0.05) is 17.6 Å². The number of sulfonamides is 1. The first kappa shape index (κ1) is 13.8. The van der Waals surface area contributed by atoms with Crippen molar-refractivity contribution >= 4 is 32.2 Å². The topological polar surface area (TPSA) is 71.1 Å². The second-order valence-electron chi connectivity index (χ2n) is 3.95. The van der Waals surface area contributed by atoms with Crippen molar-refractivity contribution in [2.24, 2.45) is 0 Å². The fourth-order valence-corrected chi connectivity index (χ4v) is 3.47. The monoisotopic (exact) mass is 297 g/mol. The number of anilines is 2. The summed E-state index contributed by atoms with van der Waals surface area (Å²) in [5.41, 5.74) is 1.69. The summed E-state index contributed by atoms with van der Waals surface area (Å²) >= 11 is 1.27. The Morgan fingerprint density at radius 2 is 1.95 bits per heavy atom. The van der Waals surface area contributed by atoms with Crippen molar-refractivity contribution < 1.29 is 8.42 Å². The highest BCUT2D eigenvalue weighted by atomic mass is 32.2. The Balaban J connectivity index is 2.19. The maximum atomic E-state index is 12.1. The molecule has 1 aromatic carbocycles. The number of rotatable bonds is 5. The molecule has 1 heterocycles. The van der Waals surface area contributed by atoms with Gasteiger partial charge in [-0.1, -0.05) is 0 Å². The molecule has 0 fully saturated rings. The molecule has 0 radical (unpaired) electrons. The van der Waals surface area contributed by atoms with E-state index in [1.807, 2.05) is 13.8 Å². The van der Waals surface area contributed by atoms with Crippen molar-refractivity contribution in [3.63, 3.8) is 0 Å². The molecule has 0 bridgehead atoms. The SMILES string of the molecule is CCNc1ccc(S(=O)(=O)Nc2nc(C)cs2)cc1. The van der Waals surface area contributed by atoms with Crippen molar-refractivity contribution in [2.75, 3.05) is 16.6 Å². The summed E-state index contributed by atoms with van der Waals surface area (Å²) in [6.07, 6.45) is 0. The summed E-state index contributed by atoms with van der Waals surface area (Å²) < 4.78 is 26.7. The molecule has 2 N–H and O–H groups in total. The largest absolute Gasteiger partial charge is 0.385 e. The maximum Gasteiger partial charge on any atom is 0.263 e. The molecule has 0 unspecified atom stereocenters. The lowest BCUT2D eigenvalue weighted by Crippen LogP contribution is -2.12. The molecule has 1 aromatic heterocycles. The van der Waals surface area contributed by atoms with Gasteiger partial charge >= 0.3 is 0 Å². The Kier molecular flexibility index (Phi) is 4.06. The number of hydrogen-bond donors (Lipinski definition) is 2. The van der Waals surface area contributed by atoms with Gasteiger partial charge in [-0.05, 0) is 38.1 Å². The smallest absolute Gasteiger partial charge is 0.263 e. The molecule has 0 amide bonds. The van der Waals surface area contributed by atoms with Crippen LogP contribution in [0, 0.1) is 6.92 Å². The highest BCUT2D eigenvalue weighted by Crippen LogP contribution is 2.20. The van der Waals surface area contributed by atoms with Crippen LogP contribution in [0.3, 0.4) is 0 Å². The average Bonchev–Trinajstić information content (AvgIpc) is 2.75. The van der Waals surface area contributed by atoms with E-state index in [1.54, 1.807) is 29.6 Å². The third-order valence-electron chi connectivity index (χ3n) is 2.39. The molecule has 0 aliphatic heterocycles. The van der Waals surface area contributed by atoms with Crippen LogP contribution in [0.1, 0.15) is 12.6 Å². The van der Waals surface area contributed by atoms with E-state index in [9.17, 15) is 8.42 Å². The van der Waals surface area contributed by atoms with Crippen molar-refractivity contribution in [1.29, 1.82) is 0 Å². The van der Waals surface area contributed by atoms with E-state index in [0.29, 0.717) is 5.13 Å². The number of aromatic nitrogens is 1. The molecule has 102 valence electrons. The summed E-state index contributed by atoms with van der Waals surface area (Å²) in [5, 5.41) is 5.29. The van der Waals surface area contributed by atoms with Gasteiger partial charge in [-0.3, -0.25) is 4.72 Å². The number of nitrogens with one attached hydrogen (secondary N) is 2. The van der Waals surface area contributed by atoms with E-state index >= 15 is 0 Å². The molecule has 0 saturated carbocycles. The molecule has 7 heteroatoms. The zero-order chi connectivity index (χ0) is 13.9. The van der Waals surface area contributed by atoms with E-state index in [4.69, 9.17) is 0 Å². The lowest BCUT2D eigenvalue weighted by molar-refractivity contribution is 0.601. The van der Waals surface area contributed by atoms with Crippen molar-refractivity contribution in [2.45, 2.75) is 18.7 Å². The third kappa shape index (κ3) is 3.45. The molecule has 0 spiro atoms. The Hall–Kier alpha value is -1.60. The number of hydrogen-bond acceptors (Lipinski definition) is 5. The third-order valence-corrected chi connectivity index (χ3v) is 4.75. The van der Waals surface area contributed by atoms with Crippen LogP contribution in [0.15, 0.2) is 34.5 Å². The fraction of sp³-hybridized carbons (Fsp3) is 0.250. The van der Waals surface area contributed by atoms with E-state index < -0.39 is 10.0 Å². The lowest BCUT2D eigenvalue weighted by atomic mass is 10.3. The summed E-state index contributed by atoms with van der Waals surface area (Å²) in [6.45, 7) is 4.60. The first-order valence-corrected chi connectivity index (χ1v) is 8.16. The molecular formula is C12H15N3O2S2.